The minimum Gasteiger partial charge on any atom is -0.340 e. The molecule has 25 heavy (non-hydrogen) atoms. The maximum absolute atomic E-state index is 13.2. The van der Waals surface area contributed by atoms with Crippen molar-refractivity contribution >= 4 is 34.7 Å². The standard InChI is InChI=1S/C19H21ClN4O/c1-13-18(25)24(15-10-6-3-7-11-15)16-12-21-19(20)22-17(16)23(13)14-8-4-2-5-9-14/h3,6-7,10-14H,2,4-5,8-9H2,1H3/t13-/m1/s1. The van der Waals surface area contributed by atoms with Crippen LogP contribution in [0.3, 0.4) is 0 Å². The zero-order valence-electron chi connectivity index (χ0n) is 14.2. The van der Waals surface area contributed by atoms with Crippen molar-refractivity contribution in [2.45, 2.75) is 51.1 Å². The van der Waals surface area contributed by atoms with Crippen molar-refractivity contribution in [2.75, 3.05) is 9.80 Å². The fourth-order valence-corrected chi connectivity index (χ4v) is 4.12. The molecule has 1 aliphatic heterocycles. The molecule has 2 aliphatic rings. The van der Waals surface area contributed by atoms with Crippen molar-refractivity contribution < 1.29 is 4.79 Å². The van der Waals surface area contributed by atoms with E-state index in [1.165, 1.54) is 19.3 Å². The van der Waals surface area contributed by atoms with Gasteiger partial charge in [-0.05, 0) is 43.5 Å². The lowest BCUT2D eigenvalue weighted by molar-refractivity contribution is -0.119. The molecular formula is C19H21ClN4O. The second-order valence-electron chi connectivity index (χ2n) is 6.73. The van der Waals surface area contributed by atoms with Crippen molar-refractivity contribution in [3.63, 3.8) is 0 Å². The largest absolute Gasteiger partial charge is 0.340 e. The first kappa shape index (κ1) is 16.3. The monoisotopic (exact) mass is 356 g/mol. The van der Waals surface area contributed by atoms with Crippen LogP contribution in [0.25, 0.3) is 0 Å². The summed E-state index contributed by atoms with van der Waals surface area (Å²) in [5, 5.41) is 0.217. The third kappa shape index (κ3) is 2.86. The molecule has 1 amide bonds. The second-order valence-corrected chi connectivity index (χ2v) is 7.07. The highest BCUT2D eigenvalue weighted by molar-refractivity contribution is 6.28. The van der Waals surface area contributed by atoms with Crippen LogP contribution in [0.4, 0.5) is 17.2 Å². The number of rotatable bonds is 2. The first-order valence-corrected chi connectivity index (χ1v) is 9.24. The number of hydrogen-bond acceptors (Lipinski definition) is 4. The number of benzene rings is 1. The maximum atomic E-state index is 13.2. The average Bonchev–Trinajstić information content (AvgIpc) is 2.65. The van der Waals surface area contributed by atoms with Gasteiger partial charge in [-0.25, -0.2) is 4.98 Å². The van der Waals surface area contributed by atoms with Crippen LogP contribution in [0.2, 0.25) is 5.28 Å². The van der Waals surface area contributed by atoms with Crippen molar-refractivity contribution in [1.82, 2.24) is 9.97 Å². The zero-order chi connectivity index (χ0) is 17.4. The van der Waals surface area contributed by atoms with Crippen LogP contribution in [0.1, 0.15) is 39.0 Å². The number of para-hydroxylation sites is 1. The molecule has 0 spiro atoms. The lowest BCUT2D eigenvalue weighted by atomic mass is 9.92. The number of fused-ring (bicyclic) bond motifs is 1. The van der Waals surface area contributed by atoms with E-state index >= 15 is 0 Å². The van der Waals surface area contributed by atoms with Crippen LogP contribution in [0, 0.1) is 0 Å². The Hall–Kier alpha value is -2.14. The first-order valence-electron chi connectivity index (χ1n) is 8.86. The van der Waals surface area contributed by atoms with Gasteiger partial charge in [0.05, 0.1) is 6.20 Å². The predicted molar refractivity (Wildman–Crippen MR) is 99.4 cm³/mol. The minimum atomic E-state index is -0.276. The number of anilines is 3. The van der Waals surface area contributed by atoms with Crippen LogP contribution < -0.4 is 9.80 Å². The number of carbonyl (C=O) groups excluding carboxylic acids is 1. The molecule has 0 unspecified atom stereocenters. The van der Waals surface area contributed by atoms with E-state index in [0.717, 1.165) is 24.3 Å². The van der Waals surface area contributed by atoms with Gasteiger partial charge in [0, 0.05) is 11.7 Å². The summed E-state index contributed by atoms with van der Waals surface area (Å²) in [5.41, 5.74) is 1.54. The molecule has 2 aromatic rings. The minimum absolute atomic E-state index is 0.0511. The Morgan fingerprint density at radius 2 is 1.84 bits per heavy atom. The molecule has 1 fully saturated rings. The van der Waals surface area contributed by atoms with Crippen LogP contribution in [-0.4, -0.2) is 28.0 Å². The van der Waals surface area contributed by atoms with Gasteiger partial charge in [-0.3, -0.25) is 9.69 Å². The Kier molecular flexibility index (Phi) is 4.34. The summed E-state index contributed by atoms with van der Waals surface area (Å²) in [6.45, 7) is 1.96. The SMILES string of the molecule is C[C@@H]1C(=O)N(c2ccccc2)c2cnc(Cl)nc2N1C1CCCCC1. The summed E-state index contributed by atoms with van der Waals surface area (Å²) in [6, 6.07) is 9.71. The molecule has 5 nitrogen and oxygen atoms in total. The van der Waals surface area contributed by atoms with E-state index in [0.29, 0.717) is 11.7 Å². The van der Waals surface area contributed by atoms with Crippen LogP contribution in [-0.2, 0) is 4.79 Å². The van der Waals surface area contributed by atoms with Gasteiger partial charge in [0.2, 0.25) is 5.28 Å². The molecule has 130 valence electrons. The number of hydrogen-bond donors (Lipinski definition) is 0. The maximum Gasteiger partial charge on any atom is 0.254 e. The highest BCUT2D eigenvalue weighted by Crippen LogP contribution is 2.42. The van der Waals surface area contributed by atoms with E-state index < -0.39 is 0 Å². The van der Waals surface area contributed by atoms with Gasteiger partial charge in [0.25, 0.3) is 5.91 Å². The molecule has 1 aromatic heterocycles. The first-order chi connectivity index (χ1) is 12.2. The molecule has 1 saturated carbocycles. The Labute approximate surface area is 152 Å². The van der Waals surface area contributed by atoms with E-state index in [4.69, 9.17) is 11.6 Å². The summed E-state index contributed by atoms with van der Waals surface area (Å²) < 4.78 is 0. The highest BCUT2D eigenvalue weighted by atomic mass is 35.5. The summed E-state index contributed by atoms with van der Waals surface area (Å²) in [7, 11) is 0. The number of aromatic nitrogens is 2. The fourth-order valence-electron chi connectivity index (χ4n) is 3.99. The Bertz CT molecular complexity index is 776. The molecule has 0 N–H and O–H groups in total. The molecule has 1 aromatic carbocycles. The summed E-state index contributed by atoms with van der Waals surface area (Å²) >= 11 is 6.11. The summed E-state index contributed by atoms with van der Waals surface area (Å²) in [5.74, 6) is 0.818. The molecular weight excluding hydrogens is 336 g/mol. The summed E-state index contributed by atoms with van der Waals surface area (Å²) in [6.07, 6.45) is 7.49. The van der Waals surface area contributed by atoms with Gasteiger partial charge in [-0.15, -0.1) is 0 Å². The highest BCUT2D eigenvalue weighted by Gasteiger charge is 2.41. The number of halogens is 1. The normalized spacial score (nSPS) is 21.4. The van der Waals surface area contributed by atoms with E-state index in [1.807, 2.05) is 37.3 Å². The van der Waals surface area contributed by atoms with E-state index in [-0.39, 0.29) is 17.2 Å². The molecule has 2 heterocycles. The van der Waals surface area contributed by atoms with Gasteiger partial charge in [-0.1, -0.05) is 37.5 Å². The van der Waals surface area contributed by atoms with Gasteiger partial charge in [-0.2, -0.15) is 4.98 Å². The van der Waals surface area contributed by atoms with Gasteiger partial charge in [0.1, 0.15) is 11.7 Å². The second kappa shape index (κ2) is 6.64. The Morgan fingerprint density at radius 3 is 2.56 bits per heavy atom. The third-order valence-electron chi connectivity index (χ3n) is 5.18. The number of amides is 1. The molecule has 0 radical (unpaired) electrons. The molecule has 0 bridgehead atoms. The Morgan fingerprint density at radius 1 is 1.12 bits per heavy atom. The predicted octanol–water partition coefficient (Wildman–Crippen LogP) is 4.34. The molecule has 4 rings (SSSR count). The number of nitrogens with zero attached hydrogens (tertiary/aromatic N) is 4. The van der Waals surface area contributed by atoms with Crippen molar-refractivity contribution in [3.05, 3.63) is 41.8 Å². The molecule has 1 atom stereocenters. The van der Waals surface area contributed by atoms with Gasteiger partial charge < -0.3 is 4.90 Å². The number of carbonyl (C=O) groups is 1. The van der Waals surface area contributed by atoms with Crippen molar-refractivity contribution in [1.29, 1.82) is 0 Å². The smallest absolute Gasteiger partial charge is 0.254 e. The zero-order valence-corrected chi connectivity index (χ0v) is 15.0. The summed E-state index contributed by atoms with van der Waals surface area (Å²) in [4.78, 5) is 25.8. The third-order valence-corrected chi connectivity index (χ3v) is 5.37. The van der Waals surface area contributed by atoms with Crippen LogP contribution in [0.15, 0.2) is 36.5 Å². The van der Waals surface area contributed by atoms with Crippen molar-refractivity contribution in [2.24, 2.45) is 0 Å². The molecule has 1 aliphatic carbocycles. The van der Waals surface area contributed by atoms with E-state index in [9.17, 15) is 4.79 Å². The molecule has 0 saturated heterocycles. The average molecular weight is 357 g/mol. The lowest BCUT2D eigenvalue weighted by Crippen LogP contribution is -2.55. The Balaban J connectivity index is 1.84. The van der Waals surface area contributed by atoms with Crippen LogP contribution in [0.5, 0.6) is 0 Å². The topological polar surface area (TPSA) is 49.3 Å². The van der Waals surface area contributed by atoms with E-state index in [2.05, 4.69) is 14.9 Å². The van der Waals surface area contributed by atoms with E-state index in [1.54, 1.807) is 11.1 Å². The lowest BCUT2D eigenvalue weighted by Gasteiger charge is -2.45. The van der Waals surface area contributed by atoms with Crippen molar-refractivity contribution in [3.8, 4) is 0 Å². The van der Waals surface area contributed by atoms with Gasteiger partial charge in [0.15, 0.2) is 5.82 Å². The quantitative estimate of drug-likeness (QED) is 0.751. The van der Waals surface area contributed by atoms with Crippen LogP contribution >= 0.6 is 11.6 Å². The fraction of sp³-hybridized carbons (Fsp3) is 0.421. The molecule has 6 heteroatoms. The van der Waals surface area contributed by atoms with Gasteiger partial charge >= 0.3 is 0 Å².